The molecule has 0 spiro atoms. The Morgan fingerprint density at radius 2 is 1.59 bits per heavy atom. The van der Waals surface area contributed by atoms with E-state index in [-0.39, 0.29) is 17.6 Å². The van der Waals surface area contributed by atoms with Crippen LogP contribution in [0.1, 0.15) is 57.2 Å². The highest BCUT2D eigenvalue weighted by atomic mass is 16.5. The Kier molecular flexibility index (Phi) is 11.0. The second-order valence-electron chi connectivity index (χ2n) is 8.84. The molecule has 37 heavy (non-hydrogen) atoms. The van der Waals surface area contributed by atoms with Crippen molar-refractivity contribution in [2.45, 2.75) is 53.0 Å². The number of benzene rings is 2. The minimum absolute atomic E-state index is 0.0171. The second kappa shape index (κ2) is 13.7. The molecule has 2 aromatic rings. The van der Waals surface area contributed by atoms with Gasteiger partial charge in [-0.15, -0.1) is 0 Å². The molecule has 3 N–H and O–H groups in total. The summed E-state index contributed by atoms with van der Waals surface area (Å²) in [6.07, 6.45) is 2.99. The minimum atomic E-state index is -0.649. The number of ketones is 1. The Morgan fingerprint density at radius 3 is 2.16 bits per heavy atom. The number of allylic oxidation sites excluding steroid dienone is 1. The lowest BCUT2D eigenvalue weighted by atomic mass is 9.92. The van der Waals surface area contributed by atoms with Gasteiger partial charge < -0.3 is 30.0 Å². The monoisotopic (exact) mass is 512 g/mol. The van der Waals surface area contributed by atoms with E-state index in [1.807, 2.05) is 39.8 Å². The maximum Gasteiger partial charge on any atom is 0.241 e. The molecule has 2 aromatic carbocycles. The Bertz CT molecular complexity index is 1140. The first-order chi connectivity index (χ1) is 17.7. The van der Waals surface area contributed by atoms with Crippen LogP contribution in [0.15, 0.2) is 30.3 Å². The smallest absolute Gasteiger partial charge is 0.241 e. The molecule has 0 aliphatic heterocycles. The fourth-order valence-electron chi connectivity index (χ4n) is 4.32. The van der Waals surface area contributed by atoms with Crippen molar-refractivity contribution in [3.8, 4) is 23.0 Å². The van der Waals surface area contributed by atoms with Gasteiger partial charge >= 0.3 is 0 Å². The number of hydrogen-bond acceptors (Lipinski definition) is 7. The van der Waals surface area contributed by atoms with E-state index >= 15 is 0 Å². The average Bonchev–Trinajstić information content (AvgIpc) is 3.06. The molecule has 0 heterocycles. The van der Waals surface area contributed by atoms with E-state index in [4.69, 9.17) is 24.7 Å². The molecule has 0 radical (unpaired) electrons. The first-order valence-electron chi connectivity index (χ1n) is 12.6. The second-order valence-corrected chi connectivity index (χ2v) is 8.84. The van der Waals surface area contributed by atoms with Crippen molar-refractivity contribution in [3.05, 3.63) is 47.0 Å². The zero-order valence-electron chi connectivity index (χ0n) is 23.2. The fourth-order valence-corrected chi connectivity index (χ4v) is 4.32. The first kappa shape index (κ1) is 29.7. The number of nitrogens with two attached hydrogens (primary N) is 1. The summed E-state index contributed by atoms with van der Waals surface area (Å²) in [5.41, 5.74) is 9.61. The summed E-state index contributed by atoms with van der Waals surface area (Å²) in [5, 5.41) is 2.89. The number of rotatable bonds is 9. The quantitative estimate of drug-likeness (QED) is 0.486. The van der Waals surface area contributed by atoms with Crippen LogP contribution in [0, 0.1) is 5.92 Å². The molecule has 1 atom stereocenters. The first-order valence-corrected chi connectivity index (χ1v) is 12.6. The molecule has 1 amide bonds. The highest BCUT2D eigenvalue weighted by Gasteiger charge is 2.26. The highest BCUT2D eigenvalue weighted by Crippen LogP contribution is 2.46. The van der Waals surface area contributed by atoms with Crippen LogP contribution in [-0.4, -0.2) is 46.2 Å². The lowest BCUT2D eigenvalue weighted by molar-refractivity contribution is -0.117. The number of methoxy groups -OCH3 is 4. The number of anilines is 1. The molecule has 1 unspecified atom stereocenters. The van der Waals surface area contributed by atoms with Gasteiger partial charge in [0, 0.05) is 12.0 Å². The highest BCUT2D eigenvalue weighted by molar-refractivity contribution is 6.04. The minimum Gasteiger partial charge on any atom is -0.495 e. The van der Waals surface area contributed by atoms with E-state index < -0.39 is 6.04 Å². The van der Waals surface area contributed by atoms with Crippen molar-refractivity contribution in [2.24, 2.45) is 11.7 Å². The number of fused-ring (bicyclic) bond motifs is 1. The Balaban J connectivity index is 0.00000235. The molecule has 8 nitrogen and oxygen atoms in total. The third kappa shape index (κ3) is 6.83. The Morgan fingerprint density at radius 1 is 0.946 bits per heavy atom. The van der Waals surface area contributed by atoms with Crippen LogP contribution < -0.4 is 30.0 Å². The van der Waals surface area contributed by atoms with Crippen molar-refractivity contribution >= 4 is 23.0 Å². The van der Waals surface area contributed by atoms with Gasteiger partial charge in [0.05, 0.1) is 40.2 Å². The lowest BCUT2D eigenvalue weighted by Gasteiger charge is -2.21. The topological polar surface area (TPSA) is 109 Å². The van der Waals surface area contributed by atoms with E-state index in [1.165, 1.54) is 7.11 Å². The van der Waals surface area contributed by atoms with Crippen molar-refractivity contribution in [1.29, 1.82) is 0 Å². The molecule has 202 valence electrons. The number of nitrogens with one attached hydrogen (secondary N) is 1. The van der Waals surface area contributed by atoms with Crippen molar-refractivity contribution in [3.63, 3.8) is 0 Å². The predicted molar refractivity (Wildman–Crippen MR) is 147 cm³/mol. The van der Waals surface area contributed by atoms with Crippen LogP contribution in [0.2, 0.25) is 0 Å². The zero-order chi connectivity index (χ0) is 27.7. The summed E-state index contributed by atoms with van der Waals surface area (Å²) >= 11 is 0. The van der Waals surface area contributed by atoms with Gasteiger partial charge in [-0.25, -0.2) is 0 Å². The molecule has 1 aliphatic rings. The molecule has 8 heteroatoms. The molecule has 0 saturated carbocycles. The Labute approximate surface area is 220 Å². The summed E-state index contributed by atoms with van der Waals surface area (Å²) in [6, 6.07) is 6.59. The number of ether oxygens (including phenoxy) is 4. The fraction of sp³-hybridized carbons (Fsp3) is 0.448. The maximum atomic E-state index is 12.7. The molecular weight excluding hydrogens is 472 g/mol. The number of hydrogen-bond donors (Lipinski definition) is 2. The third-order valence-electron chi connectivity index (χ3n) is 5.98. The van der Waals surface area contributed by atoms with Gasteiger partial charge in [0.1, 0.15) is 5.75 Å². The van der Waals surface area contributed by atoms with E-state index in [1.54, 1.807) is 39.5 Å². The summed E-state index contributed by atoms with van der Waals surface area (Å²) in [4.78, 5) is 25.5. The summed E-state index contributed by atoms with van der Waals surface area (Å²) in [5.74, 6) is 1.96. The standard InChI is InChI=1S/C27H34N2O6.C2H6/c1-15(2)11-21(28)27(31)29-22-12-16(7-10-23(22)32-3)19-13-17(30)8-9-18-20(19)14-24(33-4)26(35-6)25(18)34-5;1-2/h7,10,12-15,21H,8-9,11,28H2,1-6H3,(H,29,31);1-2H3. The molecule has 3 rings (SSSR count). The van der Waals surface area contributed by atoms with Gasteiger partial charge in [-0.05, 0) is 59.7 Å². The average molecular weight is 513 g/mol. The Hall–Kier alpha value is -3.52. The molecule has 0 bridgehead atoms. The van der Waals surface area contributed by atoms with E-state index in [9.17, 15) is 9.59 Å². The molecule has 0 aromatic heterocycles. The van der Waals surface area contributed by atoms with E-state index in [0.29, 0.717) is 53.5 Å². The van der Waals surface area contributed by atoms with Crippen LogP contribution in [0.5, 0.6) is 23.0 Å². The van der Waals surface area contributed by atoms with Crippen LogP contribution in [0.3, 0.4) is 0 Å². The van der Waals surface area contributed by atoms with Gasteiger partial charge in [0.2, 0.25) is 11.7 Å². The molecule has 0 saturated heterocycles. The van der Waals surface area contributed by atoms with Crippen LogP contribution >= 0.6 is 0 Å². The predicted octanol–water partition coefficient (Wildman–Crippen LogP) is 5.01. The normalized spacial score (nSPS) is 13.4. The van der Waals surface area contributed by atoms with E-state index in [2.05, 4.69) is 5.32 Å². The van der Waals surface area contributed by atoms with Crippen molar-refractivity contribution in [1.82, 2.24) is 0 Å². The van der Waals surface area contributed by atoms with Gasteiger partial charge in [-0.2, -0.15) is 0 Å². The molecule has 0 fully saturated rings. The van der Waals surface area contributed by atoms with Crippen molar-refractivity contribution in [2.75, 3.05) is 33.8 Å². The van der Waals surface area contributed by atoms with Gasteiger partial charge in [0.25, 0.3) is 0 Å². The zero-order valence-corrected chi connectivity index (χ0v) is 23.2. The van der Waals surface area contributed by atoms with Gasteiger partial charge in [-0.3, -0.25) is 9.59 Å². The van der Waals surface area contributed by atoms with Gasteiger partial charge in [0.15, 0.2) is 17.3 Å². The largest absolute Gasteiger partial charge is 0.495 e. The van der Waals surface area contributed by atoms with E-state index in [0.717, 1.165) is 16.7 Å². The summed E-state index contributed by atoms with van der Waals surface area (Å²) < 4.78 is 22.3. The maximum absolute atomic E-state index is 12.7. The van der Waals surface area contributed by atoms with Crippen LogP contribution in [-0.2, 0) is 16.0 Å². The van der Waals surface area contributed by atoms with Crippen LogP contribution in [0.4, 0.5) is 5.69 Å². The number of carbonyl (C=O) groups excluding carboxylic acids is 2. The van der Waals surface area contributed by atoms with Gasteiger partial charge in [-0.1, -0.05) is 33.8 Å². The third-order valence-corrected chi connectivity index (χ3v) is 5.98. The number of amides is 1. The van der Waals surface area contributed by atoms with Crippen LogP contribution in [0.25, 0.3) is 5.57 Å². The van der Waals surface area contributed by atoms with Crippen molar-refractivity contribution < 1.29 is 28.5 Å². The molecule has 1 aliphatic carbocycles. The molecular formula is C29H40N2O6. The number of carbonyl (C=O) groups is 2. The SMILES string of the molecule is CC.COc1ccc(C2=CC(=O)CCc3c2cc(OC)c(OC)c3OC)cc1NC(=O)C(N)CC(C)C. The summed E-state index contributed by atoms with van der Waals surface area (Å²) in [7, 11) is 6.20. The lowest BCUT2D eigenvalue weighted by Crippen LogP contribution is -2.36. The summed E-state index contributed by atoms with van der Waals surface area (Å²) in [6.45, 7) is 8.03.